The van der Waals surface area contributed by atoms with Gasteiger partial charge in [-0.05, 0) is 31.2 Å². The summed E-state index contributed by atoms with van der Waals surface area (Å²) in [6.45, 7) is 8.27. The van der Waals surface area contributed by atoms with E-state index < -0.39 is 0 Å². The maximum absolute atomic E-state index is 12.4. The Bertz CT molecular complexity index is 837. The SMILES string of the molecule is CC(C)CCCC(C)N(C)CCn1cnc2c1c(=O)n(C)c(=O)n2C.CI. The molecule has 0 aliphatic heterocycles. The molecule has 154 valence electrons. The molecule has 7 nitrogen and oxygen atoms in total. The van der Waals surface area contributed by atoms with E-state index in [1.54, 1.807) is 13.4 Å². The molecule has 0 N–H and O–H groups in total. The number of hydrogen-bond donors (Lipinski definition) is 0. The maximum atomic E-state index is 12.4. The zero-order valence-corrected chi connectivity index (χ0v) is 19.9. The molecule has 8 heteroatoms. The minimum absolute atomic E-state index is 0.289. The second-order valence-electron chi connectivity index (χ2n) is 7.47. The fourth-order valence-electron chi connectivity index (χ4n) is 3.09. The predicted molar refractivity (Wildman–Crippen MR) is 121 cm³/mol. The molecule has 1 atom stereocenters. The highest BCUT2D eigenvalue weighted by atomic mass is 127. The molecule has 0 saturated carbocycles. The van der Waals surface area contributed by atoms with Crippen molar-refractivity contribution in [3.63, 3.8) is 0 Å². The smallest absolute Gasteiger partial charge is 0.323 e. The third-order valence-electron chi connectivity index (χ3n) is 5.07. The van der Waals surface area contributed by atoms with Crippen molar-refractivity contribution >= 4 is 33.8 Å². The summed E-state index contributed by atoms with van der Waals surface area (Å²) in [7, 11) is 5.27. The molecule has 0 bridgehead atoms. The van der Waals surface area contributed by atoms with E-state index >= 15 is 0 Å². The van der Waals surface area contributed by atoms with E-state index in [0.717, 1.165) is 17.0 Å². The summed E-state index contributed by atoms with van der Waals surface area (Å²) in [6, 6.07) is 0.501. The first-order valence-corrected chi connectivity index (χ1v) is 11.6. The van der Waals surface area contributed by atoms with Crippen LogP contribution in [0.2, 0.25) is 0 Å². The minimum Gasteiger partial charge on any atom is -0.323 e. The second-order valence-corrected chi connectivity index (χ2v) is 7.47. The van der Waals surface area contributed by atoms with Gasteiger partial charge in [-0.15, -0.1) is 0 Å². The number of aromatic nitrogens is 4. The molecule has 0 aliphatic carbocycles. The van der Waals surface area contributed by atoms with Gasteiger partial charge in [-0.25, -0.2) is 9.78 Å². The van der Waals surface area contributed by atoms with Gasteiger partial charge >= 0.3 is 5.69 Å². The van der Waals surface area contributed by atoms with Crippen LogP contribution >= 0.6 is 22.6 Å². The largest absolute Gasteiger partial charge is 0.332 e. The Hall–Kier alpha value is -1.16. The molecule has 0 fully saturated rings. The number of likely N-dealkylation sites (N-methyl/N-ethyl adjacent to an activating group) is 1. The number of imidazole rings is 1. The summed E-state index contributed by atoms with van der Waals surface area (Å²) in [4.78, 5) is 33.0. The van der Waals surface area contributed by atoms with Crippen LogP contribution in [-0.2, 0) is 20.6 Å². The van der Waals surface area contributed by atoms with E-state index in [9.17, 15) is 9.59 Å². The van der Waals surface area contributed by atoms with E-state index in [1.807, 2.05) is 9.50 Å². The molecular weight excluding hydrogens is 457 g/mol. The lowest BCUT2D eigenvalue weighted by atomic mass is 10.0. The number of fused-ring (bicyclic) bond motifs is 1. The predicted octanol–water partition coefficient (Wildman–Crippen LogP) is 2.63. The molecule has 27 heavy (non-hydrogen) atoms. The van der Waals surface area contributed by atoms with Crippen LogP contribution in [0.5, 0.6) is 0 Å². The first-order valence-electron chi connectivity index (χ1n) is 9.43. The topological polar surface area (TPSA) is 65.1 Å². The number of aryl methyl sites for hydroxylation is 1. The molecule has 2 heterocycles. The second kappa shape index (κ2) is 11.0. The lowest BCUT2D eigenvalue weighted by molar-refractivity contribution is 0.231. The number of alkyl halides is 1. The number of halogens is 1. The Kier molecular flexibility index (Phi) is 9.72. The third kappa shape index (κ3) is 5.91. The van der Waals surface area contributed by atoms with Gasteiger partial charge in [0.1, 0.15) is 0 Å². The van der Waals surface area contributed by atoms with Crippen molar-refractivity contribution in [3.05, 3.63) is 27.2 Å². The summed E-state index contributed by atoms with van der Waals surface area (Å²) in [5.41, 5.74) is 0.299. The average molecular weight is 491 g/mol. The van der Waals surface area contributed by atoms with Crippen molar-refractivity contribution in [1.29, 1.82) is 0 Å². The highest BCUT2D eigenvalue weighted by Gasteiger charge is 2.15. The summed E-state index contributed by atoms with van der Waals surface area (Å²) in [5.74, 6) is 0.748. The number of hydrogen-bond acceptors (Lipinski definition) is 4. The first-order chi connectivity index (χ1) is 12.7. The molecule has 2 aromatic heterocycles. The summed E-state index contributed by atoms with van der Waals surface area (Å²) >= 11 is 2.15. The van der Waals surface area contributed by atoms with Crippen molar-refractivity contribution < 1.29 is 0 Å². The molecule has 0 amide bonds. The van der Waals surface area contributed by atoms with E-state index in [-0.39, 0.29) is 11.2 Å². The highest BCUT2D eigenvalue weighted by molar-refractivity contribution is 14.1. The van der Waals surface area contributed by atoms with Crippen LogP contribution in [-0.4, -0.2) is 48.1 Å². The van der Waals surface area contributed by atoms with Crippen molar-refractivity contribution in [3.8, 4) is 0 Å². The molecular formula is C19H34IN5O2. The van der Waals surface area contributed by atoms with Crippen molar-refractivity contribution in [2.45, 2.75) is 52.6 Å². The fraction of sp³-hybridized carbons (Fsp3) is 0.737. The standard InChI is InChI=1S/C18H31N5O2.CH3I/c1-13(2)8-7-9-14(3)20(4)10-11-23-12-19-16-15(23)17(24)22(6)18(25)21(16)5;1-2/h12-14H,7-11H2,1-6H3;1H3. The molecule has 0 aliphatic rings. The van der Waals surface area contributed by atoms with Gasteiger partial charge in [-0.2, -0.15) is 0 Å². The zero-order chi connectivity index (χ0) is 20.7. The van der Waals surface area contributed by atoms with Gasteiger partial charge in [0.05, 0.1) is 6.33 Å². The maximum Gasteiger partial charge on any atom is 0.332 e. The van der Waals surface area contributed by atoms with E-state index in [2.05, 4.69) is 60.3 Å². The van der Waals surface area contributed by atoms with Crippen LogP contribution in [0.3, 0.4) is 0 Å². The quantitative estimate of drug-likeness (QED) is 0.421. The molecule has 2 rings (SSSR count). The Labute approximate surface area is 175 Å². The highest BCUT2D eigenvalue weighted by Crippen LogP contribution is 2.12. The Morgan fingerprint density at radius 3 is 2.33 bits per heavy atom. The summed E-state index contributed by atoms with van der Waals surface area (Å²) in [6.07, 6.45) is 5.33. The monoisotopic (exact) mass is 491 g/mol. The molecule has 0 radical (unpaired) electrons. The van der Waals surface area contributed by atoms with Gasteiger partial charge < -0.3 is 9.47 Å². The van der Waals surface area contributed by atoms with E-state index in [0.29, 0.717) is 23.8 Å². The molecule has 0 saturated heterocycles. The van der Waals surface area contributed by atoms with Crippen LogP contribution in [0.25, 0.3) is 11.2 Å². The van der Waals surface area contributed by atoms with Gasteiger partial charge in [0.25, 0.3) is 5.56 Å². The zero-order valence-electron chi connectivity index (χ0n) is 17.7. The lowest BCUT2D eigenvalue weighted by Gasteiger charge is -2.25. The van der Waals surface area contributed by atoms with Crippen LogP contribution in [0.1, 0.15) is 40.0 Å². The van der Waals surface area contributed by atoms with Crippen molar-refractivity contribution in [2.75, 3.05) is 18.5 Å². The Morgan fingerprint density at radius 1 is 1.11 bits per heavy atom. The van der Waals surface area contributed by atoms with Crippen LogP contribution in [0, 0.1) is 5.92 Å². The average Bonchev–Trinajstić information content (AvgIpc) is 3.08. The van der Waals surface area contributed by atoms with Crippen molar-refractivity contribution in [2.24, 2.45) is 20.0 Å². The fourth-order valence-corrected chi connectivity index (χ4v) is 3.09. The van der Waals surface area contributed by atoms with Crippen molar-refractivity contribution in [1.82, 2.24) is 23.6 Å². The Balaban J connectivity index is 0.00000176. The normalized spacial score (nSPS) is 12.5. The van der Waals surface area contributed by atoms with Gasteiger partial charge in [0, 0.05) is 33.2 Å². The molecule has 0 aromatic carbocycles. The van der Waals surface area contributed by atoms with Gasteiger partial charge in [-0.3, -0.25) is 13.9 Å². The van der Waals surface area contributed by atoms with Crippen LogP contribution in [0.15, 0.2) is 15.9 Å². The van der Waals surface area contributed by atoms with E-state index in [1.165, 1.54) is 30.9 Å². The molecule has 1 unspecified atom stereocenters. The third-order valence-corrected chi connectivity index (χ3v) is 5.07. The summed E-state index contributed by atoms with van der Waals surface area (Å²) in [5, 5.41) is 0. The number of nitrogens with zero attached hydrogens (tertiary/aromatic N) is 5. The van der Waals surface area contributed by atoms with Crippen LogP contribution < -0.4 is 11.2 Å². The summed E-state index contributed by atoms with van der Waals surface area (Å²) < 4.78 is 4.42. The molecule has 0 spiro atoms. The number of rotatable bonds is 8. The Morgan fingerprint density at radius 2 is 1.74 bits per heavy atom. The van der Waals surface area contributed by atoms with Gasteiger partial charge in [-0.1, -0.05) is 49.3 Å². The van der Waals surface area contributed by atoms with Crippen LogP contribution in [0.4, 0.5) is 0 Å². The molecule has 2 aromatic rings. The van der Waals surface area contributed by atoms with E-state index in [4.69, 9.17) is 0 Å². The minimum atomic E-state index is -0.348. The first kappa shape index (κ1) is 23.9. The lowest BCUT2D eigenvalue weighted by Crippen LogP contribution is -2.38. The van der Waals surface area contributed by atoms with Gasteiger partial charge in [0.15, 0.2) is 11.2 Å². The van der Waals surface area contributed by atoms with Gasteiger partial charge in [0.2, 0.25) is 0 Å².